The molecule has 0 bridgehead atoms. The zero-order valence-electron chi connectivity index (χ0n) is 10.5. The van der Waals surface area contributed by atoms with Crippen molar-refractivity contribution in [2.24, 2.45) is 11.1 Å². The minimum absolute atomic E-state index is 0.0412. The van der Waals surface area contributed by atoms with Gasteiger partial charge in [0.2, 0.25) is 5.91 Å². The quantitative estimate of drug-likeness (QED) is 0.678. The van der Waals surface area contributed by atoms with Crippen LogP contribution in [0.2, 0.25) is 0 Å². The van der Waals surface area contributed by atoms with Crippen molar-refractivity contribution < 1.29 is 13.2 Å². The lowest BCUT2D eigenvalue weighted by atomic mass is 10.0. The Labute approximate surface area is 103 Å². The van der Waals surface area contributed by atoms with Gasteiger partial charge in [0.15, 0.2) is 0 Å². The Bertz CT molecular complexity index is 374. The molecule has 1 rings (SSSR count). The molecule has 0 heterocycles. The van der Waals surface area contributed by atoms with E-state index in [0.717, 1.165) is 25.5 Å². The van der Waals surface area contributed by atoms with Gasteiger partial charge in [-0.3, -0.25) is 4.79 Å². The van der Waals surface area contributed by atoms with Crippen LogP contribution in [-0.2, 0) is 14.6 Å². The molecule has 1 fully saturated rings. The van der Waals surface area contributed by atoms with Crippen molar-refractivity contribution in [3.63, 3.8) is 0 Å². The van der Waals surface area contributed by atoms with Crippen molar-refractivity contribution in [3.05, 3.63) is 0 Å². The lowest BCUT2D eigenvalue weighted by molar-refractivity contribution is -0.122. The molecule has 0 radical (unpaired) electrons. The van der Waals surface area contributed by atoms with Crippen LogP contribution >= 0.6 is 0 Å². The van der Waals surface area contributed by atoms with Gasteiger partial charge in [0, 0.05) is 12.8 Å². The van der Waals surface area contributed by atoms with Crippen LogP contribution in [0.15, 0.2) is 0 Å². The van der Waals surface area contributed by atoms with Crippen LogP contribution in [0.4, 0.5) is 0 Å². The fraction of sp³-hybridized carbons (Fsp3) is 0.909. The maximum atomic E-state index is 11.6. The molecule has 0 aromatic carbocycles. The molecule has 1 saturated carbocycles. The molecule has 1 aliphatic carbocycles. The molecule has 6 heteroatoms. The van der Waals surface area contributed by atoms with Gasteiger partial charge in [-0.15, -0.1) is 0 Å². The molecule has 0 aliphatic heterocycles. The summed E-state index contributed by atoms with van der Waals surface area (Å²) in [6.45, 7) is 2.78. The number of nitrogens with one attached hydrogen (secondary N) is 1. The standard InChI is InChI=1S/C11H22N2O3S/c1-3-11(5-6-11)8-13-10(14)9(12)4-7-17(2,15)16/h9H,3-8,12H2,1-2H3,(H,13,14). The Kier molecular flexibility index (Phi) is 4.55. The highest BCUT2D eigenvalue weighted by Gasteiger charge is 2.40. The summed E-state index contributed by atoms with van der Waals surface area (Å²) in [4.78, 5) is 11.6. The predicted octanol–water partition coefficient (Wildman–Crippen LogP) is 0.0548. The molecule has 1 atom stereocenters. The van der Waals surface area contributed by atoms with Gasteiger partial charge in [-0.2, -0.15) is 0 Å². The van der Waals surface area contributed by atoms with Crippen LogP contribution in [0, 0.1) is 5.41 Å². The molecule has 5 nitrogen and oxygen atoms in total. The van der Waals surface area contributed by atoms with Crippen LogP contribution in [-0.4, -0.2) is 38.9 Å². The minimum Gasteiger partial charge on any atom is -0.354 e. The zero-order valence-corrected chi connectivity index (χ0v) is 11.3. The minimum atomic E-state index is -3.05. The highest BCUT2D eigenvalue weighted by atomic mass is 32.2. The third-order valence-corrected chi connectivity index (χ3v) is 4.46. The van der Waals surface area contributed by atoms with Gasteiger partial charge in [-0.05, 0) is 31.1 Å². The lowest BCUT2D eigenvalue weighted by Crippen LogP contribution is -2.43. The van der Waals surface area contributed by atoms with Crippen molar-refractivity contribution >= 4 is 15.7 Å². The van der Waals surface area contributed by atoms with E-state index in [9.17, 15) is 13.2 Å². The summed E-state index contributed by atoms with van der Waals surface area (Å²) in [7, 11) is -3.05. The van der Waals surface area contributed by atoms with Gasteiger partial charge < -0.3 is 11.1 Å². The number of carbonyl (C=O) groups excluding carboxylic acids is 1. The maximum Gasteiger partial charge on any atom is 0.236 e. The first-order valence-corrected chi connectivity index (χ1v) is 8.05. The van der Waals surface area contributed by atoms with E-state index in [2.05, 4.69) is 12.2 Å². The number of carbonyl (C=O) groups is 1. The largest absolute Gasteiger partial charge is 0.354 e. The highest BCUT2D eigenvalue weighted by molar-refractivity contribution is 7.90. The summed E-state index contributed by atoms with van der Waals surface area (Å²) in [5.41, 5.74) is 5.92. The second-order valence-corrected chi connectivity index (χ2v) is 7.36. The van der Waals surface area contributed by atoms with E-state index in [1.807, 2.05) is 0 Å². The van der Waals surface area contributed by atoms with Gasteiger partial charge in [-0.1, -0.05) is 6.92 Å². The summed E-state index contributed by atoms with van der Waals surface area (Å²) < 4.78 is 21.9. The van der Waals surface area contributed by atoms with Crippen molar-refractivity contribution in [3.8, 4) is 0 Å². The summed E-state index contributed by atoms with van der Waals surface area (Å²) in [5.74, 6) is -0.283. The van der Waals surface area contributed by atoms with Crippen LogP contribution in [0.25, 0.3) is 0 Å². The van der Waals surface area contributed by atoms with Crippen LogP contribution < -0.4 is 11.1 Å². The Morgan fingerprint density at radius 1 is 1.47 bits per heavy atom. The fourth-order valence-electron chi connectivity index (χ4n) is 1.71. The average Bonchev–Trinajstić information content (AvgIpc) is 3.02. The smallest absolute Gasteiger partial charge is 0.236 e. The number of rotatable bonds is 7. The summed E-state index contributed by atoms with van der Waals surface area (Å²) in [6, 6.07) is -0.725. The normalized spacial score (nSPS) is 19.7. The summed E-state index contributed by atoms with van der Waals surface area (Å²) in [6.07, 6.45) is 4.70. The molecular weight excluding hydrogens is 240 g/mol. The van der Waals surface area contributed by atoms with Crippen molar-refractivity contribution in [1.82, 2.24) is 5.32 Å². The molecule has 100 valence electrons. The van der Waals surface area contributed by atoms with Crippen LogP contribution in [0.5, 0.6) is 0 Å². The van der Waals surface area contributed by atoms with E-state index in [-0.39, 0.29) is 23.5 Å². The number of amides is 1. The first-order chi connectivity index (χ1) is 7.78. The summed E-state index contributed by atoms with van der Waals surface area (Å²) in [5, 5.41) is 2.81. The van der Waals surface area contributed by atoms with E-state index >= 15 is 0 Å². The molecule has 1 aliphatic rings. The van der Waals surface area contributed by atoms with E-state index in [1.165, 1.54) is 0 Å². The number of sulfone groups is 1. The molecule has 0 spiro atoms. The highest BCUT2D eigenvalue weighted by Crippen LogP contribution is 2.47. The van der Waals surface area contributed by atoms with Crippen molar-refractivity contribution in [2.75, 3.05) is 18.6 Å². The molecule has 0 aromatic heterocycles. The van der Waals surface area contributed by atoms with Crippen LogP contribution in [0.1, 0.15) is 32.6 Å². The average molecular weight is 262 g/mol. The Balaban J connectivity index is 2.27. The van der Waals surface area contributed by atoms with E-state index in [1.54, 1.807) is 0 Å². The van der Waals surface area contributed by atoms with E-state index in [0.29, 0.717) is 6.54 Å². The molecule has 0 aromatic rings. The van der Waals surface area contributed by atoms with E-state index in [4.69, 9.17) is 5.73 Å². The molecule has 1 unspecified atom stereocenters. The number of nitrogens with two attached hydrogens (primary N) is 1. The zero-order chi connectivity index (χ0) is 13.1. The number of hydrogen-bond acceptors (Lipinski definition) is 4. The monoisotopic (exact) mass is 262 g/mol. The predicted molar refractivity (Wildman–Crippen MR) is 67.3 cm³/mol. The molecule has 17 heavy (non-hydrogen) atoms. The topological polar surface area (TPSA) is 89.3 Å². The maximum absolute atomic E-state index is 11.6. The first kappa shape index (κ1) is 14.4. The van der Waals surface area contributed by atoms with Gasteiger partial charge >= 0.3 is 0 Å². The third-order valence-electron chi connectivity index (χ3n) is 3.48. The molecule has 3 N–H and O–H groups in total. The SMILES string of the molecule is CCC1(CNC(=O)C(N)CCS(C)(=O)=O)CC1. The number of hydrogen-bond donors (Lipinski definition) is 2. The Morgan fingerprint density at radius 2 is 2.06 bits per heavy atom. The van der Waals surface area contributed by atoms with Crippen molar-refractivity contribution in [2.45, 2.75) is 38.6 Å². The fourth-order valence-corrected chi connectivity index (χ4v) is 2.39. The van der Waals surface area contributed by atoms with Crippen LogP contribution in [0.3, 0.4) is 0 Å². The van der Waals surface area contributed by atoms with Gasteiger partial charge in [0.25, 0.3) is 0 Å². The summed E-state index contributed by atoms with van der Waals surface area (Å²) >= 11 is 0. The molecule has 1 amide bonds. The molecule has 0 saturated heterocycles. The van der Waals surface area contributed by atoms with Gasteiger partial charge in [-0.25, -0.2) is 8.42 Å². The second kappa shape index (κ2) is 5.35. The van der Waals surface area contributed by atoms with E-state index < -0.39 is 15.9 Å². The van der Waals surface area contributed by atoms with Crippen molar-refractivity contribution in [1.29, 1.82) is 0 Å². The Morgan fingerprint density at radius 3 is 2.47 bits per heavy atom. The first-order valence-electron chi connectivity index (χ1n) is 5.99. The Hall–Kier alpha value is -0.620. The molecular formula is C11H22N2O3S. The second-order valence-electron chi connectivity index (χ2n) is 5.10. The van der Waals surface area contributed by atoms with Gasteiger partial charge in [0.1, 0.15) is 9.84 Å². The lowest BCUT2D eigenvalue weighted by Gasteiger charge is -2.16. The van der Waals surface area contributed by atoms with Gasteiger partial charge in [0.05, 0.1) is 11.8 Å². The third kappa shape index (κ3) is 5.04.